The first-order valence-corrected chi connectivity index (χ1v) is 5.05. The third-order valence-corrected chi connectivity index (χ3v) is 2.18. The van der Waals surface area contributed by atoms with Crippen molar-refractivity contribution < 1.29 is 4.74 Å². The number of benzene rings is 1. The zero-order valence-electron chi connectivity index (χ0n) is 7.92. The van der Waals surface area contributed by atoms with Crippen LogP contribution < -0.4 is 10.5 Å². The summed E-state index contributed by atoms with van der Waals surface area (Å²) in [7, 11) is 0. The van der Waals surface area contributed by atoms with Gasteiger partial charge in [0.25, 0.3) is 0 Å². The van der Waals surface area contributed by atoms with E-state index in [-0.39, 0.29) is 0 Å². The first kappa shape index (κ1) is 11.3. The highest BCUT2D eigenvalue weighted by Crippen LogP contribution is 2.21. The van der Waals surface area contributed by atoms with Gasteiger partial charge >= 0.3 is 0 Å². The average Bonchev–Trinajstić information content (AvgIpc) is 2.08. The molecule has 0 radical (unpaired) electrons. The van der Waals surface area contributed by atoms with E-state index in [2.05, 4.69) is 0 Å². The van der Waals surface area contributed by atoms with Crippen LogP contribution in [0.5, 0.6) is 5.75 Å². The van der Waals surface area contributed by atoms with Crippen molar-refractivity contribution in [3.05, 3.63) is 28.8 Å². The van der Waals surface area contributed by atoms with E-state index in [1.807, 2.05) is 19.1 Å². The number of hydrogen-bond acceptors (Lipinski definition) is 2. The van der Waals surface area contributed by atoms with Gasteiger partial charge in [-0.25, -0.2) is 0 Å². The van der Waals surface area contributed by atoms with Crippen LogP contribution in [0.15, 0.2) is 18.2 Å². The number of hydrogen-bond donors (Lipinski definition) is 1. The lowest BCUT2D eigenvalue weighted by Crippen LogP contribution is -2.12. The maximum absolute atomic E-state index is 5.81. The summed E-state index contributed by atoms with van der Waals surface area (Å²) in [5.41, 5.74) is 6.36. The van der Waals surface area contributed by atoms with Gasteiger partial charge < -0.3 is 10.5 Å². The van der Waals surface area contributed by atoms with Crippen LogP contribution in [0.1, 0.15) is 12.0 Å². The number of ether oxygens (including phenoxy) is 1. The molecule has 0 bridgehead atoms. The lowest BCUT2D eigenvalue weighted by Gasteiger charge is -2.08. The van der Waals surface area contributed by atoms with Gasteiger partial charge in [-0.05, 0) is 30.7 Å². The molecule has 0 aromatic heterocycles. The molecule has 4 heteroatoms. The fourth-order valence-corrected chi connectivity index (χ4v) is 1.35. The molecule has 0 aliphatic heterocycles. The van der Waals surface area contributed by atoms with Crippen molar-refractivity contribution in [1.29, 1.82) is 0 Å². The molecule has 2 N–H and O–H groups in total. The quantitative estimate of drug-likeness (QED) is 0.807. The van der Waals surface area contributed by atoms with Crippen molar-refractivity contribution >= 4 is 28.8 Å². The highest BCUT2D eigenvalue weighted by molar-refractivity contribution is 7.80. The molecule has 0 unspecified atom stereocenters. The Balaban J connectivity index is 2.55. The Bertz CT molecular complexity index is 341. The maximum atomic E-state index is 5.81. The Hall–Kier alpha value is -0.800. The Morgan fingerprint density at radius 3 is 2.86 bits per heavy atom. The lowest BCUT2D eigenvalue weighted by molar-refractivity contribution is 0.327. The van der Waals surface area contributed by atoms with Crippen molar-refractivity contribution in [1.82, 2.24) is 0 Å². The van der Waals surface area contributed by atoms with E-state index < -0.39 is 0 Å². The maximum Gasteiger partial charge on any atom is 0.122 e. The molecule has 0 atom stereocenters. The van der Waals surface area contributed by atoms with E-state index in [0.717, 1.165) is 11.3 Å². The summed E-state index contributed by atoms with van der Waals surface area (Å²) in [5.74, 6) is 0.825. The lowest BCUT2D eigenvalue weighted by atomic mass is 10.2. The second kappa shape index (κ2) is 5.17. The molecule has 14 heavy (non-hydrogen) atoms. The minimum absolute atomic E-state index is 0.469. The van der Waals surface area contributed by atoms with Crippen LogP contribution in [0, 0.1) is 6.92 Å². The van der Waals surface area contributed by atoms with Crippen molar-refractivity contribution in [2.75, 3.05) is 6.61 Å². The molecule has 0 aliphatic carbocycles. The molecule has 0 spiro atoms. The zero-order valence-corrected chi connectivity index (χ0v) is 9.49. The molecule has 0 saturated heterocycles. The van der Waals surface area contributed by atoms with Gasteiger partial charge in [0.05, 0.1) is 11.6 Å². The molecule has 1 aromatic rings. The predicted molar refractivity (Wildman–Crippen MR) is 63.1 cm³/mol. The van der Waals surface area contributed by atoms with Crippen LogP contribution in [0.4, 0.5) is 0 Å². The SMILES string of the molecule is Cc1cc(Cl)ccc1OCCC(N)=S. The van der Waals surface area contributed by atoms with Crippen LogP contribution in [0.3, 0.4) is 0 Å². The fraction of sp³-hybridized carbons (Fsp3) is 0.300. The van der Waals surface area contributed by atoms with E-state index in [4.69, 9.17) is 34.3 Å². The van der Waals surface area contributed by atoms with E-state index in [1.54, 1.807) is 6.07 Å². The summed E-state index contributed by atoms with van der Waals surface area (Å²) in [6.07, 6.45) is 0.595. The minimum atomic E-state index is 0.469. The largest absolute Gasteiger partial charge is 0.493 e. The van der Waals surface area contributed by atoms with Crippen molar-refractivity contribution in [2.45, 2.75) is 13.3 Å². The number of nitrogens with two attached hydrogens (primary N) is 1. The van der Waals surface area contributed by atoms with Gasteiger partial charge in [-0.1, -0.05) is 23.8 Å². The third-order valence-electron chi connectivity index (χ3n) is 1.74. The Morgan fingerprint density at radius 1 is 1.57 bits per heavy atom. The minimum Gasteiger partial charge on any atom is -0.493 e. The Kier molecular flexibility index (Phi) is 4.17. The standard InChI is InChI=1S/C10H12ClNOS/c1-7-6-8(11)2-3-9(7)13-5-4-10(12)14/h2-3,6H,4-5H2,1H3,(H2,12,14). The summed E-state index contributed by atoms with van der Waals surface area (Å²) < 4.78 is 5.48. The first-order valence-electron chi connectivity index (χ1n) is 4.27. The number of halogens is 1. The van der Waals surface area contributed by atoms with Gasteiger partial charge in [0.1, 0.15) is 5.75 Å². The van der Waals surface area contributed by atoms with Crippen LogP contribution in [-0.4, -0.2) is 11.6 Å². The highest BCUT2D eigenvalue weighted by atomic mass is 35.5. The van der Waals surface area contributed by atoms with Crippen molar-refractivity contribution in [3.63, 3.8) is 0 Å². The summed E-state index contributed by atoms with van der Waals surface area (Å²) in [6.45, 7) is 2.46. The molecule has 0 aliphatic rings. The topological polar surface area (TPSA) is 35.2 Å². The van der Waals surface area contributed by atoms with E-state index in [0.29, 0.717) is 23.0 Å². The van der Waals surface area contributed by atoms with Crippen LogP contribution in [0.2, 0.25) is 5.02 Å². The fourth-order valence-electron chi connectivity index (χ4n) is 1.04. The Morgan fingerprint density at radius 2 is 2.29 bits per heavy atom. The van der Waals surface area contributed by atoms with Gasteiger partial charge in [0, 0.05) is 11.4 Å². The van der Waals surface area contributed by atoms with Gasteiger partial charge in [-0.15, -0.1) is 0 Å². The van der Waals surface area contributed by atoms with E-state index in [1.165, 1.54) is 0 Å². The molecule has 76 valence electrons. The summed E-state index contributed by atoms with van der Waals surface area (Å²) >= 11 is 10.5. The average molecular weight is 230 g/mol. The molecule has 2 nitrogen and oxygen atoms in total. The van der Waals surface area contributed by atoms with E-state index in [9.17, 15) is 0 Å². The Labute approximate surface area is 94.0 Å². The van der Waals surface area contributed by atoms with Crippen molar-refractivity contribution in [3.8, 4) is 5.75 Å². The summed E-state index contributed by atoms with van der Waals surface area (Å²) in [6, 6.07) is 5.50. The van der Waals surface area contributed by atoms with Gasteiger partial charge in [-0.3, -0.25) is 0 Å². The number of rotatable bonds is 4. The summed E-state index contributed by atoms with van der Waals surface area (Å²) in [4.78, 5) is 0.469. The second-order valence-corrected chi connectivity index (χ2v) is 3.94. The monoisotopic (exact) mass is 229 g/mol. The molecule has 1 aromatic carbocycles. The number of thiocarbonyl (C=S) groups is 1. The zero-order chi connectivity index (χ0) is 10.6. The van der Waals surface area contributed by atoms with Gasteiger partial charge in [0.15, 0.2) is 0 Å². The van der Waals surface area contributed by atoms with Crippen LogP contribution in [0.25, 0.3) is 0 Å². The van der Waals surface area contributed by atoms with Crippen LogP contribution in [-0.2, 0) is 0 Å². The third kappa shape index (κ3) is 3.52. The first-order chi connectivity index (χ1) is 6.59. The van der Waals surface area contributed by atoms with Gasteiger partial charge in [-0.2, -0.15) is 0 Å². The predicted octanol–water partition coefficient (Wildman–Crippen LogP) is 2.70. The molecule has 0 saturated carbocycles. The highest BCUT2D eigenvalue weighted by Gasteiger charge is 2.00. The number of aryl methyl sites for hydroxylation is 1. The van der Waals surface area contributed by atoms with Gasteiger partial charge in [0.2, 0.25) is 0 Å². The van der Waals surface area contributed by atoms with Crippen molar-refractivity contribution in [2.24, 2.45) is 5.73 Å². The molecular formula is C10H12ClNOS. The van der Waals surface area contributed by atoms with E-state index >= 15 is 0 Å². The smallest absolute Gasteiger partial charge is 0.122 e. The second-order valence-electron chi connectivity index (χ2n) is 2.97. The molecule has 0 amide bonds. The normalized spacial score (nSPS) is 9.86. The molecule has 1 rings (SSSR count). The molecule has 0 fully saturated rings. The molecule has 0 heterocycles. The van der Waals surface area contributed by atoms with Crippen LogP contribution >= 0.6 is 23.8 Å². The summed E-state index contributed by atoms with van der Waals surface area (Å²) in [5, 5.41) is 0.712. The molecular weight excluding hydrogens is 218 g/mol.